The zero-order valence-corrected chi connectivity index (χ0v) is 15.5. The van der Waals surface area contributed by atoms with Gasteiger partial charge in [-0.15, -0.1) is 0 Å². The minimum Gasteiger partial charge on any atom is -0.354 e. The summed E-state index contributed by atoms with van der Waals surface area (Å²) >= 11 is 0. The molecule has 0 aromatic carbocycles. The van der Waals surface area contributed by atoms with Gasteiger partial charge < -0.3 is 10.6 Å². The van der Waals surface area contributed by atoms with Gasteiger partial charge in [-0.3, -0.25) is 9.89 Å². The van der Waals surface area contributed by atoms with Crippen LogP contribution in [0.2, 0.25) is 0 Å². The Hall–Kier alpha value is -1.45. The van der Waals surface area contributed by atoms with E-state index in [1.807, 2.05) is 14.0 Å². The first-order chi connectivity index (χ1) is 11.3. The molecule has 1 saturated heterocycles. The van der Waals surface area contributed by atoms with E-state index in [0.29, 0.717) is 37.3 Å². The molecular weight excluding hydrogens is 330 g/mol. The molecule has 0 bridgehead atoms. The third-order valence-corrected chi connectivity index (χ3v) is 6.62. The van der Waals surface area contributed by atoms with Gasteiger partial charge in [-0.2, -0.15) is 9.40 Å². The summed E-state index contributed by atoms with van der Waals surface area (Å²) in [7, 11) is -1.80. The molecule has 3 N–H and O–H groups in total. The molecule has 1 fully saturated rings. The lowest BCUT2D eigenvalue weighted by molar-refractivity contribution is -0.126. The van der Waals surface area contributed by atoms with Gasteiger partial charge in [0.25, 0.3) is 0 Å². The van der Waals surface area contributed by atoms with E-state index in [-0.39, 0.29) is 29.3 Å². The first kappa shape index (κ1) is 18.9. The fourth-order valence-electron chi connectivity index (χ4n) is 2.92. The number of nitrogens with zero attached hydrogens (tertiary/aromatic N) is 2. The van der Waals surface area contributed by atoms with Crippen LogP contribution >= 0.6 is 0 Å². The van der Waals surface area contributed by atoms with Crippen LogP contribution < -0.4 is 10.6 Å². The van der Waals surface area contributed by atoms with E-state index in [2.05, 4.69) is 20.8 Å². The number of H-pyrrole nitrogens is 1. The second-order valence-electron chi connectivity index (χ2n) is 6.40. The molecule has 136 valence electrons. The van der Waals surface area contributed by atoms with Gasteiger partial charge in [0.1, 0.15) is 4.90 Å². The third kappa shape index (κ3) is 3.96. The molecule has 0 spiro atoms. The van der Waals surface area contributed by atoms with E-state index in [1.165, 1.54) is 4.31 Å². The van der Waals surface area contributed by atoms with Crippen LogP contribution in [0.15, 0.2) is 4.90 Å². The van der Waals surface area contributed by atoms with Gasteiger partial charge in [0.15, 0.2) is 0 Å². The number of hydrogen-bond acceptors (Lipinski definition) is 5. The summed E-state index contributed by atoms with van der Waals surface area (Å²) in [6.07, 6.45) is 1.38. The molecule has 9 heteroatoms. The minimum absolute atomic E-state index is 0.0855. The second kappa shape index (κ2) is 7.62. The highest BCUT2D eigenvalue weighted by Crippen LogP contribution is 2.26. The molecule has 1 aromatic rings. The highest BCUT2D eigenvalue weighted by molar-refractivity contribution is 7.89. The topological polar surface area (TPSA) is 107 Å². The van der Waals surface area contributed by atoms with E-state index in [9.17, 15) is 13.2 Å². The Morgan fingerprint density at radius 2 is 2.17 bits per heavy atom. The van der Waals surface area contributed by atoms with Crippen LogP contribution in [0.25, 0.3) is 0 Å². The molecule has 24 heavy (non-hydrogen) atoms. The van der Waals surface area contributed by atoms with Crippen molar-refractivity contribution in [2.45, 2.75) is 44.6 Å². The van der Waals surface area contributed by atoms with Crippen LogP contribution in [-0.4, -0.2) is 61.6 Å². The van der Waals surface area contributed by atoms with Crippen molar-refractivity contribution in [3.8, 4) is 0 Å². The normalized spacial score (nSPS) is 20.8. The standard InChI is InChI=1S/C15H27N5O3S/c1-10(16-4)8-17-15(21)13-6-5-7-20(9-13)24(22,23)14-11(2)18-19-12(14)3/h10,13,16H,5-9H2,1-4H3,(H,17,21)(H,18,19). The van der Waals surface area contributed by atoms with E-state index in [1.54, 1.807) is 13.8 Å². The molecule has 2 rings (SSSR count). The molecule has 2 unspecified atom stereocenters. The number of likely N-dealkylation sites (N-methyl/N-ethyl adjacent to an activating group) is 1. The molecule has 2 atom stereocenters. The molecule has 1 aliphatic heterocycles. The minimum atomic E-state index is -3.64. The summed E-state index contributed by atoms with van der Waals surface area (Å²) in [6.45, 7) is 6.51. The molecule has 0 saturated carbocycles. The second-order valence-corrected chi connectivity index (χ2v) is 8.27. The van der Waals surface area contributed by atoms with E-state index in [0.717, 1.165) is 0 Å². The molecule has 0 aliphatic carbocycles. The van der Waals surface area contributed by atoms with Gasteiger partial charge in [-0.05, 0) is 40.7 Å². The Balaban J connectivity index is 2.09. The summed E-state index contributed by atoms with van der Waals surface area (Å²) < 4.78 is 27.2. The van der Waals surface area contributed by atoms with Crippen LogP contribution in [0.5, 0.6) is 0 Å². The summed E-state index contributed by atoms with van der Waals surface area (Å²) in [6, 6.07) is 0.175. The van der Waals surface area contributed by atoms with Crippen LogP contribution in [0.1, 0.15) is 31.2 Å². The van der Waals surface area contributed by atoms with Gasteiger partial charge in [0, 0.05) is 25.7 Å². The van der Waals surface area contributed by atoms with E-state index >= 15 is 0 Å². The number of carbonyl (C=O) groups excluding carboxylic acids is 1. The van der Waals surface area contributed by atoms with Crippen molar-refractivity contribution < 1.29 is 13.2 Å². The molecule has 1 amide bonds. The highest BCUT2D eigenvalue weighted by Gasteiger charge is 2.35. The zero-order chi connectivity index (χ0) is 17.9. The molecule has 1 aliphatic rings. The number of aryl methyl sites for hydroxylation is 2. The first-order valence-electron chi connectivity index (χ1n) is 8.24. The maximum absolute atomic E-state index is 12.9. The molecule has 2 heterocycles. The first-order valence-corrected chi connectivity index (χ1v) is 9.68. The van der Waals surface area contributed by atoms with Crippen molar-refractivity contribution in [3.63, 3.8) is 0 Å². The lowest BCUT2D eigenvalue weighted by atomic mass is 9.99. The smallest absolute Gasteiger partial charge is 0.246 e. The number of piperidine rings is 1. The maximum atomic E-state index is 12.9. The van der Waals surface area contributed by atoms with Crippen LogP contribution in [0, 0.1) is 19.8 Å². The Morgan fingerprint density at radius 3 is 2.75 bits per heavy atom. The SMILES string of the molecule is CNC(C)CNC(=O)C1CCCN(S(=O)(=O)c2c(C)n[nH]c2C)C1. The Bertz CT molecular complexity index is 666. The number of aromatic nitrogens is 2. The van der Waals surface area contributed by atoms with Crippen molar-refractivity contribution in [1.29, 1.82) is 0 Å². The summed E-state index contributed by atoms with van der Waals surface area (Å²) in [5.41, 5.74) is 0.990. The molecule has 0 radical (unpaired) electrons. The summed E-state index contributed by atoms with van der Waals surface area (Å²) in [4.78, 5) is 12.6. The van der Waals surface area contributed by atoms with Gasteiger partial charge in [-0.1, -0.05) is 0 Å². The van der Waals surface area contributed by atoms with Crippen molar-refractivity contribution in [3.05, 3.63) is 11.4 Å². The number of hydrogen-bond donors (Lipinski definition) is 3. The van der Waals surface area contributed by atoms with Gasteiger partial charge >= 0.3 is 0 Å². The van der Waals surface area contributed by atoms with Crippen LogP contribution in [-0.2, 0) is 14.8 Å². The maximum Gasteiger partial charge on any atom is 0.246 e. The number of carbonyl (C=O) groups is 1. The largest absolute Gasteiger partial charge is 0.354 e. The predicted octanol–water partition coefficient (Wildman–Crippen LogP) is 0.151. The number of nitrogens with one attached hydrogen (secondary N) is 3. The molecule has 1 aromatic heterocycles. The molecular formula is C15H27N5O3S. The van der Waals surface area contributed by atoms with Crippen molar-refractivity contribution >= 4 is 15.9 Å². The van der Waals surface area contributed by atoms with E-state index in [4.69, 9.17) is 0 Å². The average Bonchev–Trinajstić information content (AvgIpc) is 2.91. The number of aromatic amines is 1. The Labute approximate surface area is 143 Å². The van der Waals surface area contributed by atoms with Crippen molar-refractivity contribution in [1.82, 2.24) is 25.1 Å². The fourth-order valence-corrected chi connectivity index (χ4v) is 4.78. The highest BCUT2D eigenvalue weighted by atomic mass is 32.2. The lowest BCUT2D eigenvalue weighted by Gasteiger charge is -2.31. The van der Waals surface area contributed by atoms with Gasteiger partial charge in [0.05, 0.1) is 17.3 Å². The number of amides is 1. The van der Waals surface area contributed by atoms with E-state index < -0.39 is 10.0 Å². The Morgan fingerprint density at radius 1 is 1.46 bits per heavy atom. The average molecular weight is 357 g/mol. The lowest BCUT2D eigenvalue weighted by Crippen LogP contribution is -2.47. The Kier molecular flexibility index (Phi) is 6.00. The van der Waals surface area contributed by atoms with Gasteiger partial charge in [0.2, 0.25) is 15.9 Å². The number of sulfonamides is 1. The summed E-state index contributed by atoms with van der Waals surface area (Å²) in [5.74, 6) is -0.400. The predicted molar refractivity (Wildman–Crippen MR) is 91.1 cm³/mol. The zero-order valence-electron chi connectivity index (χ0n) is 14.7. The number of rotatable bonds is 6. The third-order valence-electron chi connectivity index (χ3n) is 4.49. The van der Waals surface area contributed by atoms with Crippen molar-refractivity contribution in [2.75, 3.05) is 26.7 Å². The summed E-state index contributed by atoms with van der Waals surface area (Å²) in [5, 5.41) is 12.6. The monoisotopic (exact) mass is 357 g/mol. The molecule has 8 nitrogen and oxygen atoms in total. The van der Waals surface area contributed by atoms with Crippen LogP contribution in [0.3, 0.4) is 0 Å². The van der Waals surface area contributed by atoms with Crippen LogP contribution in [0.4, 0.5) is 0 Å². The van der Waals surface area contributed by atoms with Crippen molar-refractivity contribution in [2.24, 2.45) is 5.92 Å². The van der Waals surface area contributed by atoms with Gasteiger partial charge in [-0.25, -0.2) is 8.42 Å². The fraction of sp³-hybridized carbons (Fsp3) is 0.733. The quantitative estimate of drug-likeness (QED) is 0.672.